The highest BCUT2D eigenvalue weighted by molar-refractivity contribution is 7.98. The first-order valence-electron chi connectivity index (χ1n) is 6.03. The van der Waals surface area contributed by atoms with E-state index in [1.165, 1.54) is 4.90 Å². The Balaban J connectivity index is 2.17. The molecule has 3 nitrogen and oxygen atoms in total. The van der Waals surface area contributed by atoms with Gasteiger partial charge in [0.1, 0.15) is 5.15 Å². The second kappa shape index (κ2) is 5.99. The average molecular weight is 297 g/mol. The van der Waals surface area contributed by atoms with Crippen molar-refractivity contribution < 1.29 is 5.11 Å². The molecule has 5 heteroatoms. The molecule has 19 heavy (non-hydrogen) atoms. The molecular weight excluding hydrogens is 280 g/mol. The van der Waals surface area contributed by atoms with E-state index in [0.717, 1.165) is 16.8 Å². The van der Waals surface area contributed by atoms with Gasteiger partial charge in [-0.1, -0.05) is 23.7 Å². The predicted octanol–water partition coefficient (Wildman–Crippen LogP) is 3.38. The second-order valence-electron chi connectivity index (χ2n) is 4.47. The molecule has 0 amide bonds. The van der Waals surface area contributed by atoms with Crippen LogP contribution in [0.15, 0.2) is 29.2 Å². The van der Waals surface area contributed by atoms with Crippen LogP contribution in [0.25, 0.3) is 0 Å². The zero-order chi connectivity index (χ0) is 14.0. The van der Waals surface area contributed by atoms with Crippen LogP contribution in [0.4, 0.5) is 0 Å². The number of halogens is 1. The zero-order valence-corrected chi connectivity index (χ0v) is 12.8. The van der Waals surface area contributed by atoms with Gasteiger partial charge in [0.25, 0.3) is 0 Å². The Morgan fingerprint density at radius 2 is 2.00 bits per heavy atom. The van der Waals surface area contributed by atoms with E-state index in [1.54, 1.807) is 23.5 Å². The van der Waals surface area contributed by atoms with Gasteiger partial charge in [-0.15, -0.1) is 11.8 Å². The Morgan fingerprint density at radius 1 is 1.37 bits per heavy atom. The Labute approximate surface area is 122 Å². The molecule has 1 heterocycles. The van der Waals surface area contributed by atoms with Gasteiger partial charge < -0.3 is 5.11 Å². The van der Waals surface area contributed by atoms with Crippen molar-refractivity contribution in [3.05, 3.63) is 46.2 Å². The first kappa shape index (κ1) is 14.4. The molecule has 0 saturated heterocycles. The van der Waals surface area contributed by atoms with Crippen LogP contribution in [0.2, 0.25) is 5.15 Å². The normalized spacial score (nSPS) is 12.7. The van der Waals surface area contributed by atoms with Crippen molar-refractivity contribution in [1.29, 1.82) is 0 Å². The van der Waals surface area contributed by atoms with Crippen molar-refractivity contribution in [3.8, 4) is 0 Å². The minimum atomic E-state index is -0.559. The maximum absolute atomic E-state index is 10.3. The molecule has 1 aromatic heterocycles. The fraction of sp³-hybridized carbons (Fsp3) is 0.357. The lowest BCUT2D eigenvalue weighted by Gasteiger charge is -2.11. The maximum Gasteiger partial charge on any atom is 0.130 e. The number of aliphatic hydroxyl groups is 1. The van der Waals surface area contributed by atoms with Crippen LogP contribution in [0, 0.1) is 6.92 Å². The van der Waals surface area contributed by atoms with Gasteiger partial charge in [0.15, 0.2) is 0 Å². The first-order valence-corrected chi connectivity index (χ1v) is 7.63. The van der Waals surface area contributed by atoms with E-state index >= 15 is 0 Å². The molecule has 0 aliphatic carbocycles. The lowest BCUT2D eigenvalue weighted by Crippen LogP contribution is -2.02. The fourth-order valence-corrected chi connectivity index (χ4v) is 2.70. The van der Waals surface area contributed by atoms with Gasteiger partial charge in [-0.3, -0.25) is 4.68 Å². The van der Waals surface area contributed by atoms with Gasteiger partial charge in [-0.05, 0) is 30.9 Å². The minimum Gasteiger partial charge on any atom is -0.388 e. The van der Waals surface area contributed by atoms with E-state index in [2.05, 4.69) is 5.10 Å². The summed E-state index contributed by atoms with van der Waals surface area (Å²) >= 11 is 7.86. The van der Waals surface area contributed by atoms with Gasteiger partial charge in [-0.25, -0.2) is 0 Å². The number of nitrogens with zero attached hydrogens (tertiary/aromatic N) is 2. The summed E-state index contributed by atoms with van der Waals surface area (Å²) in [7, 11) is 1.80. The monoisotopic (exact) mass is 296 g/mol. The Kier molecular flexibility index (Phi) is 4.55. The van der Waals surface area contributed by atoms with Gasteiger partial charge in [0, 0.05) is 23.9 Å². The summed E-state index contributed by atoms with van der Waals surface area (Å²) < 4.78 is 1.63. The number of hydrogen-bond donors (Lipinski definition) is 1. The summed E-state index contributed by atoms with van der Waals surface area (Å²) in [6.07, 6.45) is 1.96. The summed E-state index contributed by atoms with van der Waals surface area (Å²) in [5.41, 5.74) is 2.68. The molecule has 0 spiro atoms. The number of thioether (sulfide) groups is 1. The summed E-state index contributed by atoms with van der Waals surface area (Å²) in [5.74, 6) is 0. The summed E-state index contributed by atoms with van der Waals surface area (Å²) in [5, 5.41) is 15.1. The molecule has 1 aromatic carbocycles. The molecule has 0 aliphatic heterocycles. The number of hydrogen-bond acceptors (Lipinski definition) is 3. The molecular formula is C14H17ClN2OS. The van der Waals surface area contributed by atoms with Gasteiger partial charge in [-0.2, -0.15) is 5.10 Å². The van der Waals surface area contributed by atoms with Gasteiger partial charge in [0.05, 0.1) is 11.8 Å². The van der Waals surface area contributed by atoms with Crippen molar-refractivity contribution in [2.45, 2.75) is 24.3 Å². The highest BCUT2D eigenvalue weighted by Crippen LogP contribution is 2.26. The number of aliphatic hydroxyl groups excluding tert-OH is 1. The van der Waals surface area contributed by atoms with Gasteiger partial charge in [0.2, 0.25) is 0 Å². The SMILES string of the molecule is CSc1ccc(C(O)Cc2c(C)nn(C)c2Cl)cc1. The lowest BCUT2D eigenvalue weighted by atomic mass is 10.0. The van der Waals surface area contributed by atoms with Crippen LogP contribution in [0.5, 0.6) is 0 Å². The molecule has 1 atom stereocenters. The lowest BCUT2D eigenvalue weighted by molar-refractivity contribution is 0.178. The second-order valence-corrected chi connectivity index (χ2v) is 5.71. The number of aromatic nitrogens is 2. The summed E-state index contributed by atoms with van der Waals surface area (Å²) in [6, 6.07) is 7.94. The molecule has 2 aromatic rings. The van der Waals surface area contributed by atoms with Crippen molar-refractivity contribution >= 4 is 23.4 Å². The maximum atomic E-state index is 10.3. The van der Waals surface area contributed by atoms with E-state index in [9.17, 15) is 5.11 Å². The molecule has 1 N–H and O–H groups in total. The van der Waals surface area contributed by atoms with E-state index in [0.29, 0.717) is 11.6 Å². The third kappa shape index (κ3) is 3.14. The van der Waals surface area contributed by atoms with Crippen LogP contribution in [-0.4, -0.2) is 21.1 Å². The van der Waals surface area contributed by atoms with Crippen LogP contribution in [-0.2, 0) is 13.5 Å². The highest BCUT2D eigenvalue weighted by Gasteiger charge is 2.16. The highest BCUT2D eigenvalue weighted by atomic mass is 35.5. The van der Waals surface area contributed by atoms with E-state index in [-0.39, 0.29) is 0 Å². The zero-order valence-electron chi connectivity index (χ0n) is 11.2. The summed E-state index contributed by atoms with van der Waals surface area (Å²) in [4.78, 5) is 1.19. The molecule has 0 fully saturated rings. The Bertz CT molecular complexity index is 566. The number of rotatable bonds is 4. The van der Waals surface area contributed by atoms with E-state index in [4.69, 9.17) is 11.6 Å². The summed E-state index contributed by atoms with van der Waals surface area (Å²) in [6.45, 7) is 1.91. The topological polar surface area (TPSA) is 38.1 Å². The smallest absolute Gasteiger partial charge is 0.130 e. The van der Waals surface area contributed by atoms with Crippen molar-refractivity contribution in [2.24, 2.45) is 7.05 Å². The Hall–Kier alpha value is -0.970. The molecule has 1 unspecified atom stereocenters. The standard InChI is InChI=1S/C14H17ClN2OS/c1-9-12(14(15)17(2)16-9)8-13(18)10-4-6-11(19-3)7-5-10/h4-7,13,18H,8H2,1-3H3. The molecule has 0 bridgehead atoms. The first-order chi connectivity index (χ1) is 9.02. The van der Waals surface area contributed by atoms with Crippen molar-refractivity contribution in [3.63, 3.8) is 0 Å². The minimum absolute atomic E-state index is 0.483. The van der Waals surface area contributed by atoms with E-state index in [1.807, 2.05) is 37.4 Å². The molecule has 0 radical (unpaired) electrons. The van der Waals surface area contributed by atoms with Crippen LogP contribution >= 0.6 is 23.4 Å². The van der Waals surface area contributed by atoms with Gasteiger partial charge >= 0.3 is 0 Å². The Morgan fingerprint density at radius 3 is 2.47 bits per heavy atom. The van der Waals surface area contributed by atoms with Crippen molar-refractivity contribution in [1.82, 2.24) is 9.78 Å². The molecule has 102 valence electrons. The molecule has 0 aliphatic rings. The largest absolute Gasteiger partial charge is 0.388 e. The van der Waals surface area contributed by atoms with Crippen molar-refractivity contribution in [2.75, 3.05) is 6.26 Å². The average Bonchev–Trinajstić information content (AvgIpc) is 2.65. The number of aryl methyl sites for hydroxylation is 2. The van der Waals surface area contributed by atoms with Crippen LogP contribution in [0.3, 0.4) is 0 Å². The quantitative estimate of drug-likeness (QED) is 0.879. The molecule has 2 rings (SSSR count). The van der Waals surface area contributed by atoms with E-state index < -0.39 is 6.10 Å². The molecule has 0 saturated carbocycles. The third-order valence-corrected chi connectivity index (χ3v) is 4.38. The third-order valence-electron chi connectivity index (χ3n) is 3.17. The fourth-order valence-electron chi connectivity index (χ4n) is 2.04. The van der Waals surface area contributed by atoms with Crippen LogP contribution < -0.4 is 0 Å². The predicted molar refractivity (Wildman–Crippen MR) is 79.8 cm³/mol. The van der Waals surface area contributed by atoms with Crippen LogP contribution in [0.1, 0.15) is 22.9 Å². The number of benzene rings is 1.